The standard InChI is InChI=1S/C23H28N6O3/c1-16-19(17(2)32-27-16)14-28-10-6-23(7-11-28)22-25-9-12-29(22)15-20(31-23)21(30)26-13-18-5-3-4-8-24-18/h3-5,8-9,12,20H,6-7,10-11,13-15H2,1-2H3,(H,26,30)/t20-/m1/s1. The quantitative estimate of drug-likeness (QED) is 0.654. The van der Waals surface area contributed by atoms with Crippen molar-refractivity contribution in [3.05, 3.63) is 65.3 Å². The van der Waals surface area contributed by atoms with Crippen LogP contribution in [0.2, 0.25) is 0 Å². The van der Waals surface area contributed by atoms with Crippen LogP contribution in [-0.2, 0) is 34.8 Å². The minimum Gasteiger partial charge on any atom is -0.361 e. The van der Waals surface area contributed by atoms with Crippen molar-refractivity contribution in [3.63, 3.8) is 0 Å². The zero-order valence-corrected chi connectivity index (χ0v) is 18.5. The van der Waals surface area contributed by atoms with E-state index in [0.29, 0.717) is 13.1 Å². The molecule has 9 nitrogen and oxygen atoms in total. The number of nitrogens with one attached hydrogen (secondary N) is 1. The molecule has 2 aliphatic heterocycles. The molecule has 5 heterocycles. The third-order valence-electron chi connectivity index (χ3n) is 6.54. The zero-order chi connectivity index (χ0) is 22.1. The second-order valence-electron chi connectivity index (χ2n) is 8.62. The van der Waals surface area contributed by atoms with Gasteiger partial charge in [-0.15, -0.1) is 0 Å². The first-order valence-electron chi connectivity index (χ1n) is 11.1. The molecule has 32 heavy (non-hydrogen) atoms. The number of imidazole rings is 1. The maximum absolute atomic E-state index is 13.0. The summed E-state index contributed by atoms with van der Waals surface area (Å²) in [6.45, 7) is 7.28. The van der Waals surface area contributed by atoms with Crippen molar-refractivity contribution in [2.75, 3.05) is 13.1 Å². The number of fused-ring (bicyclic) bond motifs is 2. The maximum atomic E-state index is 13.0. The van der Waals surface area contributed by atoms with Crippen LogP contribution in [0.1, 0.15) is 41.4 Å². The molecule has 3 aromatic rings. The van der Waals surface area contributed by atoms with Gasteiger partial charge >= 0.3 is 0 Å². The molecule has 0 bridgehead atoms. The first-order valence-corrected chi connectivity index (χ1v) is 11.1. The molecule has 3 aromatic heterocycles. The van der Waals surface area contributed by atoms with Crippen molar-refractivity contribution in [2.24, 2.45) is 0 Å². The van der Waals surface area contributed by atoms with Gasteiger partial charge in [-0.1, -0.05) is 11.2 Å². The topological polar surface area (TPSA) is 98.3 Å². The summed E-state index contributed by atoms with van der Waals surface area (Å²) in [5.41, 5.74) is 2.36. The maximum Gasteiger partial charge on any atom is 0.251 e. The average Bonchev–Trinajstić information content (AvgIpc) is 3.42. The summed E-state index contributed by atoms with van der Waals surface area (Å²) in [5, 5.41) is 7.04. The van der Waals surface area contributed by atoms with Crippen LogP contribution in [0.4, 0.5) is 0 Å². The van der Waals surface area contributed by atoms with E-state index in [1.54, 1.807) is 12.4 Å². The smallest absolute Gasteiger partial charge is 0.251 e. The van der Waals surface area contributed by atoms with Gasteiger partial charge in [-0.05, 0) is 38.8 Å². The molecule has 1 fully saturated rings. The van der Waals surface area contributed by atoms with E-state index in [1.165, 1.54) is 0 Å². The number of rotatable bonds is 5. The fraction of sp³-hybridized carbons (Fsp3) is 0.478. The minimum atomic E-state index is -0.561. The summed E-state index contributed by atoms with van der Waals surface area (Å²) in [4.78, 5) is 24.2. The summed E-state index contributed by atoms with van der Waals surface area (Å²) in [6.07, 6.45) is 6.45. The molecule has 168 valence electrons. The van der Waals surface area contributed by atoms with E-state index in [-0.39, 0.29) is 5.91 Å². The number of hydrogen-bond acceptors (Lipinski definition) is 7. The number of aromatic nitrogens is 4. The van der Waals surface area contributed by atoms with Crippen LogP contribution in [0.5, 0.6) is 0 Å². The van der Waals surface area contributed by atoms with Gasteiger partial charge < -0.3 is 19.1 Å². The zero-order valence-electron chi connectivity index (χ0n) is 18.5. The van der Waals surface area contributed by atoms with Crippen LogP contribution >= 0.6 is 0 Å². The Morgan fingerprint density at radius 1 is 1.22 bits per heavy atom. The normalized spacial score (nSPS) is 20.2. The molecule has 0 saturated carbocycles. The van der Waals surface area contributed by atoms with Gasteiger partial charge in [0.25, 0.3) is 5.91 Å². The van der Waals surface area contributed by atoms with Gasteiger partial charge in [0.2, 0.25) is 0 Å². The van der Waals surface area contributed by atoms with E-state index in [2.05, 4.69) is 29.9 Å². The third kappa shape index (κ3) is 3.93. The molecular formula is C23H28N6O3. The van der Waals surface area contributed by atoms with Gasteiger partial charge in [-0.3, -0.25) is 14.7 Å². The van der Waals surface area contributed by atoms with Gasteiger partial charge in [0, 0.05) is 43.8 Å². The summed E-state index contributed by atoms with van der Waals surface area (Å²) in [5.74, 6) is 1.67. The van der Waals surface area contributed by atoms with Gasteiger partial charge in [0.1, 0.15) is 17.2 Å². The summed E-state index contributed by atoms with van der Waals surface area (Å²) in [6, 6.07) is 5.67. The van der Waals surface area contributed by atoms with Crippen molar-refractivity contribution in [1.82, 2.24) is 29.9 Å². The predicted octanol–water partition coefficient (Wildman–Crippen LogP) is 2.09. The molecule has 2 aliphatic rings. The van der Waals surface area contributed by atoms with Gasteiger partial charge in [0.15, 0.2) is 6.10 Å². The van der Waals surface area contributed by atoms with Crippen molar-refractivity contribution in [2.45, 2.75) is 58.0 Å². The number of hydrogen-bond donors (Lipinski definition) is 1. The van der Waals surface area contributed by atoms with E-state index in [4.69, 9.17) is 9.26 Å². The van der Waals surface area contributed by atoms with E-state index in [0.717, 1.165) is 61.0 Å². The molecule has 5 rings (SSSR count). The van der Waals surface area contributed by atoms with Crippen molar-refractivity contribution in [3.8, 4) is 0 Å². The largest absolute Gasteiger partial charge is 0.361 e. The second-order valence-corrected chi connectivity index (χ2v) is 8.62. The number of ether oxygens (including phenoxy) is 1. The lowest BCUT2D eigenvalue weighted by molar-refractivity contribution is -0.174. The number of carbonyl (C=O) groups is 1. The van der Waals surface area contributed by atoms with Crippen LogP contribution < -0.4 is 5.32 Å². The Kier molecular flexibility index (Phi) is 5.52. The molecular weight excluding hydrogens is 408 g/mol. The lowest BCUT2D eigenvalue weighted by Crippen LogP contribution is -2.53. The molecule has 0 aromatic carbocycles. The van der Waals surface area contributed by atoms with Gasteiger partial charge in [-0.2, -0.15) is 0 Å². The highest BCUT2D eigenvalue weighted by Crippen LogP contribution is 2.40. The molecule has 1 atom stereocenters. The molecule has 1 saturated heterocycles. The highest BCUT2D eigenvalue weighted by Gasteiger charge is 2.47. The van der Waals surface area contributed by atoms with Crippen LogP contribution in [0.25, 0.3) is 0 Å². The van der Waals surface area contributed by atoms with Crippen LogP contribution in [0.15, 0.2) is 41.3 Å². The second kappa shape index (κ2) is 8.48. The van der Waals surface area contributed by atoms with Crippen LogP contribution in [-0.4, -0.2) is 49.7 Å². The lowest BCUT2D eigenvalue weighted by atomic mass is 9.88. The Morgan fingerprint density at radius 2 is 2.06 bits per heavy atom. The SMILES string of the molecule is Cc1noc(C)c1CN1CCC2(CC1)O[C@@H](C(=O)NCc1ccccn1)Cn1ccnc12. The van der Waals surface area contributed by atoms with Crippen LogP contribution in [0, 0.1) is 13.8 Å². The van der Waals surface area contributed by atoms with E-state index in [1.807, 2.05) is 38.2 Å². The fourth-order valence-electron chi connectivity index (χ4n) is 4.69. The highest BCUT2D eigenvalue weighted by atomic mass is 16.5. The number of pyridine rings is 1. The summed E-state index contributed by atoms with van der Waals surface area (Å²) >= 11 is 0. The van der Waals surface area contributed by atoms with Gasteiger partial charge in [0.05, 0.1) is 24.5 Å². The Morgan fingerprint density at radius 3 is 2.78 bits per heavy atom. The number of carbonyl (C=O) groups excluding carboxylic acids is 1. The Hall–Kier alpha value is -3.04. The van der Waals surface area contributed by atoms with Gasteiger partial charge in [-0.25, -0.2) is 4.98 Å². The molecule has 0 unspecified atom stereocenters. The summed E-state index contributed by atoms with van der Waals surface area (Å²) in [7, 11) is 0. The van der Waals surface area contributed by atoms with Crippen molar-refractivity contribution in [1.29, 1.82) is 0 Å². The molecule has 9 heteroatoms. The van der Waals surface area contributed by atoms with Crippen molar-refractivity contribution >= 4 is 5.91 Å². The number of aryl methyl sites for hydroxylation is 2. The Labute approximate surface area is 186 Å². The summed E-state index contributed by atoms with van der Waals surface area (Å²) < 4.78 is 13.9. The third-order valence-corrected chi connectivity index (χ3v) is 6.54. The lowest BCUT2D eigenvalue weighted by Gasteiger charge is -2.45. The number of nitrogens with zero attached hydrogens (tertiary/aromatic N) is 5. The highest BCUT2D eigenvalue weighted by molar-refractivity contribution is 5.80. The first kappa shape index (κ1) is 20.8. The monoisotopic (exact) mass is 436 g/mol. The Balaban J connectivity index is 1.27. The Bertz CT molecular complexity index is 1060. The van der Waals surface area contributed by atoms with E-state index < -0.39 is 11.7 Å². The molecule has 1 amide bonds. The fourth-order valence-corrected chi connectivity index (χ4v) is 4.69. The molecule has 1 N–H and O–H groups in total. The molecule has 0 aliphatic carbocycles. The van der Waals surface area contributed by atoms with E-state index >= 15 is 0 Å². The van der Waals surface area contributed by atoms with Crippen LogP contribution in [0.3, 0.4) is 0 Å². The average molecular weight is 437 g/mol. The minimum absolute atomic E-state index is 0.118. The number of piperidine rings is 1. The first-order chi connectivity index (χ1) is 15.5. The molecule has 1 spiro atoms. The number of amides is 1. The molecule has 0 radical (unpaired) electrons. The van der Waals surface area contributed by atoms with Crippen molar-refractivity contribution < 1.29 is 14.1 Å². The number of likely N-dealkylation sites (tertiary alicyclic amines) is 1. The van der Waals surface area contributed by atoms with E-state index in [9.17, 15) is 4.79 Å². The predicted molar refractivity (Wildman–Crippen MR) is 115 cm³/mol.